The number of nitrogens with zero attached hydrogens (tertiary/aromatic N) is 1. The van der Waals surface area contributed by atoms with Gasteiger partial charge >= 0.3 is 0 Å². The van der Waals surface area contributed by atoms with Crippen LogP contribution >= 0.6 is 24.0 Å². The van der Waals surface area contributed by atoms with E-state index in [1.54, 1.807) is 14.2 Å². The van der Waals surface area contributed by atoms with Crippen molar-refractivity contribution in [3.63, 3.8) is 0 Å². The lowest BCUT2D eigenvalue weighted by molar-refractivity contribution is 0.213. The molecule has 0 aliphatic carbocycles. The summed E-state index contributed by atoms with van der Waals surface area (Å²) in [5, 5.41) is 6.58. The molecular weight excluding hydrogens is 393 g/mol. The fraction of sp³-hybridized carbons (Fsp3) is 0.562. The van der Waals surface area contributed by atoms with Crippen molar-refractivity contribution in [2.24, 2.45) is 4.99 Å². The van der Waals surface area contributed by atoms with Crippen molar-refractivity contribution < 1.29 is 9.47 Å². The monoisotopic (exact) mass is 421 g/mol. The van der Waals surface area contributed by atoms with E-state index < -0.39 is 0 Å². The zero-order valence-electron chi connectivity index (χ0n) is 14.1. The van der Waals surface area contributed by atoms with E-state index in [1.165, 1.54) is 0 Å². The standard InChI is InChI=1S/C16H27N3O2.HI/c1-6-12(2)19-16(17-4)18-11-13(3)21-15-10-8-7-9-14(15)20-5;/h7-10,12-13H,6,11H2,1-5H3,(H2,17,18,19);1H. The summed E-state index contributed by atoms with van der Waals surface area (Å²) in [6.45, 7) is 6.93. The van der Waals surface area contributed by atoms with Gasteiger partial charge in [-0.2, -0.15) is 0 Å². The van der Waals surface area contributed by atoms with Crippen LogP contribution in [0.15, 0.2) is 29.3 Å². The van der Waals surface area contributed by atoms with E-state index >= 15 is 0 Å². The average molecular weight is 421 g/mol. The first-order chi connectivity index (χ1) is 10.1. The number of methoxy groups -OCH3 is 1. The Balaban J connectivity index is 0.00000441. The van der Waals surface area contributed by atoms with Gasteiger partial charge in [-0.1, -0.05) is 19.1 Å². The molecule has 5 nitrogen and oxygen atoms in total. The molecule has 2 atom stereocenters. The fourth-order valence-corrected chi connectivity index (χ4v) is 1.75. The number of hydrogen-bond donors (Lipinski definition) is 2. The van der Waals surface area contributed by atoms with Gasteiger partial charge in [0.05, 0.1) is 13.7 Å². The highest BCUT2D eigenvalue weighted by atomic mass is 127. The molecule has 0 amide bonds. The molecule has 0 bridgehead atoms. The van der Waals surface area contributed by atoms with Crippen LogP contribution in [-0.4, -0.2) is 38.8 Å². The SMILES string of the molecule is CCC(C)NC(=NC)NCC(C)Oc1ccccc1OC.I. The lowest BCUT2D eigenvalue weighted by Crippen LogP contribution is -2.45. The van der Waals surface area contributed by atoms with E-state index in [0.717, 1.165) is 23.9 Å². The van der Waals surface area contributed by atoms with Crippen molar-refractivity contribution in [3.8, 4) is 11.5 Å². The maximum atomic E-state index is 5.89. The van der Waals surface area contributed by atoms with Gasteiger partial charge in [0, 0.05) is 13.1 Å². The molecule has 6 heteroatoms. The van der Waals surface area contributed by atoms with Crippen LogP contribution in [0.2, 0.25) is 0 Å². The predicted octanol–water partition coefficient (Wildman–Crippen LogP) is 3.04. The van der Waals surface area contributed by atoms with Gasteiger partial charge in [0.1, 0.15) is 6.10 Å². The Hall–Kier alpha value is -1.18. The molecule has 0 aliphatic rings. The van der Waals surface area contributed by atoms with Gasteiger partial charge in [0.25, 0.3) is 0 Å². The minimum Gasteiger partial charge on any atom is -0.493 e. The van der Waals surface area contributed by atoms with Gasteiger partial charge in [-0.25, -0.2) is 0 Å². The molecular formula is C16H28IN3O2. The molecule has 0 fully saturated rings. The summed E-state index contributed by atoms with van der Waals surface area (Å²) in [5.74, 6) is 2.28. The lowest BCUT2D eigenvalue weighted by Gasteiger charge is -2.20. The summed E-state index contributed by atoms with van der Waals surface area (Å²) in [5.41, 5.74) is 0. The summed E-state index contributed by atoms with van der Waals surface area (Å²) in [6, 6.07) is 8.04. The Morgan fingerprint density at radius 2 is 1.86 bits per heavy atom. The molecule has 0 aromatic heterocycles. The number of nitrogens with one attached hydrogen (secondary N) is 2. The summed E-state index contributed by atoms with van der Waals surface area (Å²) in [7, 11) is 3.41. The van der Waals surface area contributed by atoms with E-state index in [9.17, 15) is 0 Å². The summed E-state index contributed by atoms with van der Waals surface area (Å²) in [6.07, 6.45) is 1.05. The van der Waals surface area contributed by atoms with Crippen LogP contribution < -0.4 is 20.1 Å². The number of ether oxygens (including phenoxy) is 2. The van der Waals surface area contributed by atoms with E-state index in [4.69, 9.17) is 9.47 Å². The van der Waals surface area contributed by atoms with Crippen LogP contribution in [0.5, 0.6) is 11.5 Å². The Kier molecular flexibility index (Phi) is 10.8. The van der Waals surface area contributed by atoms with Crippen LogP contribution in [0.3, 0.4) is 0 Å². The molecule has 0 aliphatic heterocycles. The molecule has 0 saturated heterocycles. The van der Waals surface area contributed by atoms with Crippen LogP contribution in [0, 0.1) is 0 Å². The number of guanidine groups is 1. The van der Waals surface area contributed by atoms with E-state index in [1.807, 2.05) is 31.2 Å². The highest BCUT2D eigenvalue weighted by Crippen LogP contribution is 2.26. The molecule has 0 spiro atoms. The van der Waals surface area contributed by atoms with E-state index in [-0.39, 0.29) is 30.1 Å². The third kappa shape index (κ3) is 7.20. The topological polar surface area (TPSA) is 54.9 Å². The normalized spacial score (nSPS) is 13.6. The molecule has 0 radical (unpaired) electrons. The van der Waals surface area contributed by atoms with Crippen molar-refractivity contribution in [2.75, 3.05) is 20.7 Å². The minimum absolute atomic E-state index is 0. The smallest absolute Gasteiger partial charge is 0.191 e. The van der Waals surface area contributed by atoms with Crippen molar-refractivity contribution in [1.82, 2.24) is 10.6 Å². The van der Waals surface area contributed by atoms with E-state index in [2.05, 4.69) is 29.5 Å². The van der Waals surface area contributed by atoms with Crippen molar-refractivity contribution >= 4 is 29.9 Å². The molecule has 0 heterocycles. The van der Waals surface area contributed by atoms with Crippen molar-refractivity contribution in [1.29, 1.82) is 0 Å². The van der Waals surface area contributed by atoms with Crippen LogP contribution in [0.1, 0.15) is 27.2 Å². The third-order valence-corrected chi connectivity index (χ3v) is 3.17. The minimum atomic E-state index is -0.00298. The fourth-order valence-electron chi connectivity index (χ4n) is 1.75. The highest BCUT2D eigenvalue weighted by Gasteiger charge is 2.10. The first kappa shape index (κ1) is 20.8. The van der Waals surface area contributed by atoms with Crippen LogP contribution in [0.4, 0.5) is 0 Å². The zero-order valence-corrected chi connectivity index (χ0v) is 16.4. The number of halogens is 1. The maximum Gasteiger partial charge on any atom is 0.191 e. The van der Waals surface area contributed by atoms with Gasteiger partial charge in [0.15, 0.2) is 17.5 Å². The second-order valence-corrected chi connectivity index (χ2v) is 4.99. The van der Waals surface area contributed by atoms with Crippen molar-refractivity contribution in [3.05, 3.63) is 24.3 Å². The molecule has 22 heavy (non-hydrogen) atoms. The van der Waals surface area contributed by atoms with Gasteiger partial charge in [-0.3, -0.25) is 4.99 Å². The van der Waals surface area contributed by atoms with Crippen LogP contribution in [-0.2, 0) is 0 Å². The van der Waals surface area contributed by atoms with Gasteiger partial charge in [-0.15, -0.1) is 24.0 Å². The highest BCUT2D eigenvalue weighted by molar-refractivity contribution is 14.0. The number of aliphatic imine (C=N–C) groups is 1. The van der Waals surface area contributed by atoms with Crippen LogP contribution in [0.25, 0.3) is 0 Å². The largest absolute Gasteiger partial charge is 0.493 e. The number of benzene rings is 1. The first-order valence-electron chi connectivity index (χ1n) is 7.37. The molecule has 0 saturated carbocycles. The Morgan fingerprint density at radius 3 is 2.41 bits per heavy atom. The summed E-state index contributed by atoms with van der Waals surface area (Å²) in [4.78, 5) is 4.20. The number of para-hydroxylation sites is 2. The number of rotatable bonds is 7. The molecule has 2 N–H and O–H groups in total. The average Bonchev–Trinajstić information content (AvgIpc) is 2.51. The quantitative estimate of drug-likeness (QED) is 0.404. The lowest BCUT2D eigenvalue weighted by atomic mass is 10.3. The third-order valence-electron chi connectivity index (χ3n) is 3.17. The maximum absolute atomic E-state index is 5.89. The predicted molar refractivity (Wildman–Crippen MR) is 103 cm³/mol. The van der Waals surface area contributed by atoms with Gasteiger partial charge in [-0.05, 0) is 32.4 Å². The summed E-state index contributed by atoms with van der Waals surface area (Å²) >= 11 is 0. The Morgan fingerprint density at radius 1 is 1.23 bits per heavy atom. The van der Waals surface area contributed by atoms with Crippen molar-refractivity contribution in [2.45, 2.75) is 39.3 Å². The molecule has 2 unspecified atom stereocenters. The summed E-state index contributed by atoms with van der Waals surface area (Å²) < 4.78 is 11.2. The Bertz CT molecular complexity index is 455. The molecule has 1 aromatic carbocycles. The zero-order chi connectivity index (χ0) is 15.7. The van der Waals surface area contributed by atoms with E-state index in [0.29, 0.717) is 12.6 Å². The first-order valence-corrected chi connectivity index (χ1v) is 7.37. The van der Waals surface area contributed by atoms with Gasteiger partial charge < -0.3 is 20.1 Å². The second kappa shape index (κ2) is 11.4. The molecule has 1 aromatic rings. The number of hydrogen-bond acceptors (Lipinski definition) is 3. The molecule has 126 valence electrons. The molecule has 1 rings (SSSR count). The second-order valence-electron chi connectivity index (χ2n) is 4.99. The Labute approximate surface area is 150 Å². The van der Waals surface area contributed by atoms with Gasteiger partial charge in [0.2, 0.25) is 0 Å².